The van der Waals surface area contributed by atoms with Crippen LogP contribution < -0.4 is 15.9 Å². The van der Waals surface area contributed by atoms with Gasteiger partial charge in [-0.05, 0) is 36.4 Å². The molecule has 2 aromatic carbocycles. The van der Waals surface area contributed by atoms with Crippen molar-refractivity contribution in [1.82, 2.24) is 38.6 Å². The van der Waals surface area contributed by atoms with Crippen molar-refractivity contribution in [3.05, 3.63) is 82.7 Å². The van der Waals surface area contributed by atoms with Crippen molar-refractivity contribution < 1.29 is 19.3 Å². The fraction of sp³-hybridized carbons (Fsp3) is 0.389. The van der Waals surface area contributed by atoms with Gasteiger partial charge in [-0.1, -0.05) is 39.3 Å². The van der Waals surface area contributed by atoms with Gasteiger partial charge in [0.05, 0.1) is 41.1 Å². The van der Waals surface area contributed by atoms with Gasteiger partial charge in [0.1, 0.15) is 35.6 Å². The monoisotopic (exact) mass is 744 g/mol. The molecule has 6 rings (SSSR count). The zero-order valence-corrected chi connectivity index (χ0v) is 33.1. The van der Waals surface area contributed by atoms with Gasteiger partial charge in [0.15, 0.2) is 6.79 Å². The lowest BCUT2D eigenvalue weighted by atomic mass is 10.1. The number of fused-ring (bicyclic) bond motifs is 2. The van der Waals surface area contributed by atoms with E-state index in [1.807, 2.05) is 43.2 Å². The second-order valence-electron chi connectivity index (χ2n) is 15.2. The number of rotatable bonds is 13. The molecule has 14 nitrogen and oxygen atoms in total. The molecule has 0 saturated heterocycles. The van der Waals surface area contributed by atoms with Crippen molar-refractivity contribution in [1.29, 1.82) is 0 Å². The second kappa shape index (κ2) is 16.2. The average molecular weight is 745 g/mol. The number of phenolic OH excluding ortho intramolecular Hbond substituents is 1. The van der Waals surface area contributed by atoms with Crippen LogP contribution in [0, 0.1) is 0 Å². The van der Waals surface area contributed by atoms with Crippen LogP contribution >= 0.6 is 0 Å². The molecule has 52 heavy (non-hydrogen) atoms. The topological polar surface area (TPSA) is 164 Å². The summed E-state index contributed by atoms with van der Waals surface area (Å²) >= 11 is 0. The average Bonchev–Trinajstić information content (AvgIpc) is 3.71. The number of phenols is 1. The third-order valence-electron chi connectivity index (χ3n) is 8.14. The maximum atomic E-state index is 13.3. The van der Waals surface area contributed by atoms with Crippen LogP contribution in [-0.4, -0.2) is 79.9 Å². The summed E-state index contributed by atoms with van der Waals surface area (Å²) in [6.07, 6.45) is 9.90. The maximum absolute atomic E-state index is 13.3. The normalized spacial score (nSPS) is 11.9. The smallest absolute Gasteiger partial charge is 0.263 e. The second-order valence-corrected chi connectivity index (χ2v) is 26.4. The number of nitrogens with zero attached hydrogens (tertiary/aromatic N) is 7. The van der Waals surface area contributed by atoms with Crippen molar-refractivity contribution in [2.75, 3.05) is 20.0 Å². The minimum absolute atomic E-state index is 0.0285. The number of imidazole rings is 2. The number of H-pyrrole nitrogens is 1. The van der Waals surface area contributed by atoms with Gasteiger partial charge < -0.3 is 33.4 Å². The first-order chi connectivity index (χ1) is 24.6. The molecule has 0 fully saturated rings. The zero-order chi connectivity index (χ0) is 37.6. The number of aromatic hydroxyl groups is 1. The minimum Gasteiger partial charge on any atom is -0.506 e. The van der Waals surface area contributed by atoms with Gasteiger partial charge in [-0.2, -0.15) is 0 Å². The van der Waals surface area contributed by atoms with Crippen LogP contribution in [0.15, 0.2) is 71.6 Å². The number of aromatic amines is 1. The number of ether oxygens (including phenoxy) is 3. The molecule has 4 aromatic heterocycles. The molecule has 0 aliphatic rings. The van der Waals surface area contributed by atoms with Crippen LogP contribution in [0.3, 0.4) is 0 Å². The van der Waals surface area contributed by atoms with E-state index in [0.29, 0.717) is 52.0 Å². The molecule has 0 radical (unpaired) electrons. The van der Waals surface area contributed by atoms with Gasteiger partial charge in [0.25, 0.3) is 11.1 Å². The van der Waals surface area contributed by atoms with Crippen LogP contribution in [-0.2, 0) is 30.3 Å². The first-order valence-electron chi connectivity index (χ1n) is 17.1. The Bertz CT molecular complexity index is 2270. The summed E-state index contributed by atoms with van der Waals surface area (Å²) in [5.41, 5.74) is 3.28. The van der Waals surface area contributed by atoms with Gasteiger partial charge in [-0.25, -0.2) is 19.9 Å². The first-order valence-corrected chi connectivity index (χ1v) is 24.5. The summed E-state index contributed by atoms with van der Waals surface area (Å²) in [5, 5.41) is 10.7. The molecule has 0 aliphatic carbocycles. The summed E-state index contributed by atoms with van der Waals surface area (Å²) in [7, 11) is 1.39. The van der Waals surface area contributed by atoms with E-state index in [-0.39, 0.29) is 30.4 Å². The molecular formula is C36H48N8O6Si2. The number of hydrogen-bond donors (Lipinski definition) is 2. The molecule has 0 aliphatic heterocycles. The lowest BCUT2D eigenvalue weighted by Crippen LogP contribution is -2.25. The van der Waals surface area contributed by atoms with E-state index < -0.39 is 16.1 Å². The number of nitrogens with one attached hydrogen (secondary N) is 1. The lowest BCUT2D eigenvalue weighted by molar-refractivity contribution is 0.0228. The highest BCUT2D eigenvalue weighted by atomic mass is 28.3. The fourth-order valence-corrected chi connectivity index (χ4v) is 6.62. The van der Waals surface area contributed by atoms with E-state index in [1.54, 1.807) is 29.4 Å². The quantitative estimate of drug-likeness (QED) is 0.0836. The summed E-state index contributed by atoms with van der Waals surface area (Å²) in [6, 6.07) is 9.02. The first kappa shape index (κ1) is 38.3. The molecule has 6 aromatic rings. The van der Waals surface area contributed by atoms with Crippen molar-refractivity contribution >= 4 is 38.0 Å². The van der Waals surface area contributed by atoms with E-state index in [0.717, 1.165) is 23.3 Å². The fourth-order valence-electron chi connectivity index (χ4n) is 5.10. The Kier molecular flexibility index (Phi) is 11.9. The predicted molar refractivity (Wildman–Crippen MR) is 208 cm³/mol. The Morgan fingerprint density at radius 2 is 1.33 bits per heavy atom. The van der Waals surface area contributed by atoms with E-state index in [2.05, 4.69) is 64.2 Å². The van der Waals surface area contributed by atoms with Crippen LogP contribution in [0.5, 0.6) is 11.5 Å². The molecule has 276 valence electrons. The number of aromatic nitrogens is 8. The highest BCUT2D eigenvalue weighted by molar-refractivity contribution is 6.76. The van der Waals surface area contributed by atoms with E-state index in [9.17, 15) is 14.7 Å². The number of hydrogen-bond acceptors (Lipinski definition) is 10. The highest BCUT2D eigenvalue weighted by Gasteiger charge is 2.17. The van der Waals surface area contributed by atoms with E-state index in [4.69, 9.17) is 14.2 Å². The third-order valence-corrected chi connectivity index (χ3v) is 11.5. The van der Waals surface area contributed by atoms with Gasteiger partial charge in [-0.15, -0.1) is 0 Å². The molecule has 0 bridgehead atoms. The highest BCUT2D eigenvalue weighted by Crippen LogP contribution is 2.30. The zero-order valence-electron chi connectivity index (χ0n) is 31.1. The van der Waals surface area contributed by atoms with Crippen molar-refractivity contribution in [3.63, 3.8) is 0 Å². The Labute approximate surface area is 304 Å². The van der Waals surface area contributed by atoms with Crippen LogP contribution in [0.2, 0.25) is 51.4 Å². The molecule has 0 amide bonds. The molecule has 0 spiro atoms. The molecule has 0 unspecified atom stereocenters. The van der Waals surface area contributed by atoms with E-state index in [1.165, 1.54) is 17.2 Å². The van der Waals surface area contributed by atoms with Gasteiger partial charge >= 0.3 is 0 Å². The van der Waals surface area contributed by atoms with E-state index >= 15 is 0 Å². The van der Waals surface area contributed by atoms with Crippen LogP contribution in [0.25, 0.3) is 44.3 Å². The van der Waals surface area contributed by atoms with Crippen molar-refractivity contribution in [2.24, 2.45) is 14.1 Å². The summed E-state index contributed by atoms with van der Waals surface area (Å²) in [6.45, 7) is 15.4. The summed E-state index contributed by atoms with van der Waals surface area (Å²) < 4.78 is 22.6. The summed E-state index contributed by atoms with van der Waals surface area (Å²) in [5.74, 6) is 0.481. The minimum atomic E-state index is -1.20. The SMILES string of the molecule is Cn1cnc(-c2cc(O)c3nc[nH]c(=O)c3c2)c1.Cn1cnc(-c2cc(OCOCC[Si](C)(C)C)c3ncn(COCC[Si](C)(C)C)c(=O)c3c2)c1. The lowest BCUT2D eigenvalue weighted by Gasteiger charge is -2.17. The molecule has 4 heterocycles. The Hall–Kier alpha value is -4.91. The molecule has 2 N–H and O–H groups in total. The van der Waals surface area contributed by atoms with Gasteiger partial charge in [0, 0.05) is 67.0 Å². The van der Waals surface area contributed by atoms with Gasteiger partial charge in [-0.3, -0.25) is 14.2 Å². The van der Waals surface area contributed by atoms with Crippen molar-refractivity contribution in [2.45, 2.75) is 58.1 Å². The maximum Gasteiger partial charge on any atom is 0.263 e. The number of benzene rings is 2. The Morgan fingerprint density at radius 1 is 0.731 bits per heavy atom. The largest absolute Gasteiger partial charge is 0.506 e. The number of aryl methyl sites for hydroxylation is 2. The molecule has 0 saturated carbocycles. The summed E-state index contributed by atoms with van der Waals surface area (Å²) in [4.78, 5) is 44.6. The Morgan fingerprint density at radius 3 is 1.92 bits per heavy atom. The predicted octanol–water partition coefficient (Wildman–Crippen LogP) is 5.83. The molecule has 0 atom stereocenters. The molecular weight excluding hydrogens is 697 g/mol. The van der Waals surface area contributed by atoms with Crippen LogP contribution in [0.1, 0.15) is 0 Å². The van der Waals surface area contributed by atoms with Gasteiger partial charge in [0.2, 0.25) is 0 Å². The van der Waals surface area contributed by atoms with Crippen LogP contribution in [0.4, 0.5) is 0 Å². The standard InChI is InChI=1S/C24H38N4O4Si2.C12H10N4O2/c1-27-14-21(25-15-27)19-12-20-23(22(13-19)32-18-31-9-11-34(5,6)7)26-16-28(24(20)29)17-30-8-10-33(2,3)4;1-16-4-9(15-6-16)7-2-8-11(10(17)3-7)13-5-14-12(8)18/h12-16H,8-11,17-18H2,1-7H3;2-6,17H,1H3,(H,13,14,18). The molecule has 16 heteroatoms. The third kappa shape index (κ3) is 10.1. The Balaban J connectivity index is 0.000000242. The van der Waals surface area contributed by atoms with Crippen molar-refractivity contribution in [3.8, 4) is 34.0 Å².